The molecule has 0 spiro atoms. The third-order valence-electron chi connectivity index (χ3n) is 1.39. The quantitative estimate of drug-likeness (QED) is 0.587. The molecular formula is C6H8F2N2. The van der Waals surface area contributed by atoms with Crippen LogP contribution in [0.5, 0.6) is 0 Å². The van der Waals surface area contributed by atoms with Crippen molar-refractivity contribution in [3.63, 3.8) is 0 Å². The van der Waals surface area contributed by atoms with Gasteiger partial charge in [-0.25, -0.2) is 0 Å². The highest BCUT2D eigenvalue weighted by Crippen LogP contribution is 2.08. The minimum atomic E-state index is -1.01. The molecule has 0 radical (unpaired) electrons. The summed E-state index contributed by atoms with van der Waals surface area (Å²) in [6.45, 7) is 3.76. The van der Waals surface area contributed by atoms with Crippen LogP contribution in [0.15, 0.2) is 0 Å². The highest BCUT2D eigenvalue weighted by Gasteiger charge is 2.11. The lowest BCUT2D eigenvalue weighted by atomic mass is 10.4. The Morgan fingerprint density at radius 1 is 1.50 bits per heavy atom. The van der Waals surface area contributed by atoms with Crippen LogP contribution in [0.1, 0.15) is 12.6 Å². The van der Waals surface area contributed by atoms with E-state index >= 15 is 0 Å². The van der Waals surface area contributed by atoms with Gasteiger partial charge in [-0.2, -0.15) is 8.78 Å². The fourth-order valence-electron chi connectivity index (χ4n) is 0.795. The Hall–Kier alpha value is -0.930. The van der Waals surface area contributed by atoms with Crippen LogP contribution in [0.4, 0.5) is 8.78 Å². The van der Waals surface area contributed by atoms with Crippen LogP contribution in [-0.2, 0) is 6.54 Å². The van der Waals surface area contributed by atoms with Gasteiger partial charge < -0.3 is 0 Å². The molecule has 0 bridgehead atoms. The average Bonchev–Trinajstić information content (AvgIpc) is 2.17. The van der Waals surface area contributed by atoms with Gasteiger partial charge in [-0.3, -0.25) is 4.68 Å². The molecule has 0 fully saturated rings. The van der Waals surface area contributed by atoms with Gasteiger partial charge in [0, 0.05) is 6.54 Å². The van der Waals surface area contributed by atoms with E-state index in [0.29, 0.717) is 6.54 Å². The molecule has 2 nitrogen and oxygen atoms in total. The first-order chi connectivity index (χ1) is 4.66. The first kappa shape index (κ1) is 7.18. The molecular weight excluding hydrogens is 138 g/mol. The van der Waals surface area contributed by atoms with Crippen LogP contribution in [0.25, 0.3) is 0 Å². The number of rotatable bonds is 1. The van der Waals surface area contributed by atoms with Crippen molar-refractivity contribution in [1.82, 2.24) is 9.78 Å². The second kappa shape index (κ2) is 2.36. The smallest absolute Gasteiger partial charge is 0.264 e. The molecule has 1 aromatic heterocycles. The summed E-state index contributed by atoms with van der Waals surface area (Å²) in [5, 5.41) is 3.30. The molecule has 1 rings (SSSR count). The standard InChI is InChI=1S/C6H8F2N2/c1-3-10-4(2)5(7)6(8)9-10/h3H2,1-2H3. The summed E-state index contributed by atoms with van der Waals surface area (Å²) in [7, 11) is 0. The third kappa shape index (κ3) is 0.894. The topological polar surface area (TPSA) is 17.8 Å². The molecule has 1 heterocycles. The molecule has 0 N–H and O–H groups in total. The van der Waals surface area contributed by atoms with Gasteiger partial charge in [0.1, 0.15) is 0 Å². The van der Waals surface area contributed by atoms with Crippen LogP contribution >= 0.6 is 0 Å². The lowest BCUT2D eigenvalue weighted by Gasteiger charge is -1.94. The number of aromatic nitrogens is 2. The van der Waals surface area contributed by atoms with Crippen LogP contribution in [0, 0.1) is 18.7 Å². The highest BCUT2D eigenvalue weighted by atomic mass is 19.2. The van der Waals surface area contributed by atoms with Crippen molar-refractivity contribution in [3.05, 3.63) is 17.5 Å². The van der Waals surface area contributed by atoms with Gasteiger partial charge in [0.2, 0.25) is 0 Å². The Kier molecular flexibility index (Phi) is 1.70. The van der Waals surface area contributed by atoms with Crippen molar-refractivity contribution in [3.8, 4) is 0 Å². The summed E-state index contributed by atoms with van der Waals surface area (Å²) in [5.74, 6) is -1.86. The van der Waals surface area contributed by atoms with E-state index in [4.69, 9.17) is 0 Å². The molecule has 0 aliphatic rings. The SMILES string of the molecule is CCn1nc(F)c(F)c1C. The molecule has 0 saturated heterocycles. The maximum Gasteiger partial charge on any atom is 0.268 e. The Morgan fingerprint density at radius 2 is 2.10 bits per heavy atom. The predicted octanol–water partition coefficient (Wildman–Crippen LogP) is 1.49. The first-order valence-corrected chi connectivity index (χ1v) is 3.05. The van der Waals surface area contributed by atoms with Gasteiger partial charge in [0.05, 0.1) is 5.69 Å². The normalized spacial score (nSPS) is 10.4. The largest absolute Gasteiger partial charge is 0.268 e. The van der Waals surface area contributed by atoms with Gasteiger partial charge in [0.15, 0.2) is 5.82 Å². The Balaban J connectivity index is 3.17. The Bertz CT molecular complexity index is 242. The summed E-state index contributed by atoms with van der Waals surface area (Å²) in [5.41, 5.74) is 0.250. The molecule has 56 valence electrons. The van der Waals surface area contributed by atoms with E-state index in [1.807, 2.05) is 0 Å². The van der Waals surface area contributed by atoms with E-state index < -0.39 is 11.8 Å². The molecule has 0 amide bonds. The molecule has 10 heavy (non-hydrogen) atoms. The van der Waals surface area contributed by atoms with Crippen LogP contribution in [0.3, 0.4) is 0 Å². The van der Waals surface area contributed by atoms with E-state index in [1.54, 1.807) is 6.92 Å². The Morgan fingerprint density at radius 3 is 2.30 bits per heavy atom. The lowest BCUT2D eigenvalue weighted by molar-refractivity contribution is 0.481. The van der Waals surface area contributed by atoms with Crippen molar-refractivity contribution >= 4 is 0 Å². The van der Waals surface area contributed by atoms with E-state index in [0.717, 1.165) is 0 Å². The van der Waals surface area contributed by atoms with Gasteiger partial charge in [0.25, 0.3) is 5.95 Å². The molecule has 0 atom stereocenters. The first-order valence-electron chi connectivity index (χ1n) is 3.05. The molecule has 0 aromatic carbocycles. The maximum atomic E-state index is 12.5. The molecule has 0 unspecified atom stereocenters. The molecule has 0 saturated carbocycles. The Labute approximate surface area is 57.5 Å². The van der Waals surface area contributed by atoms with Crippen LogP contribution in [-0.4, -0.2) is 9.78 Å². The molecule has 0 aliphatic heterocycles. The van der Waals surface area contributed by atoms with Crippen LogP contribution < -0.4 is 0 Å². The lowest BCUT2D eigenvalue weighted by Crippen LogP contribution is -1.98. The summed E-state index contributed by atoms with van der Waals surface area (Å²) in [6, 6.07) is 0. The summed E-state index contributed by atoms with van der Waals surface area (Å²) in [4.78, 5) is 0. The van der Waals surface area contributed by atoms with Crippen LogP contribution in [0.2, 0.25) is 0 Å². The second-order valence-corrected chi connectivity index (χ2v) is 2.01. The van der Waals surface area contributed by atoms with Gasteiger partial charge in [-0.15, -0.1) is 5.10 Å². The zero-order chi connectivity index (χ0) is 7.72. The second-order valence-electron chi connectivity index (χ2n) is 2.01. The van der Waals surface area contributed by atoms with Crippen molar-refractivity contribution in [2.45, 2.75) is 20.4 Å². The summed E-state index contributed by atoms with van der Waals surface area (Å²) in [6.07, 6.45) is 0. The van der Waals surface area contributed by atoms with Gasteiger partial charge in [-0.05, 0) is 13.8 Å². The average molecular weight is 146 g/mol. The van der Waals surface area contributed by atoms with E-state index in [2.05, 4.69) is 5.10 Å². The van der Waals surface area contributed by atoms with Crippen molar-refractivity contribution in [2.24, 2.45) is 0 Å². The number of hydrogen-bond acceptors (Lipinski definition) is 1. The fourth-order valence-corrected chi connectivity index (χ4v) is 0.795. The minimum absolute atomic E-state index is 0.250. The number of halogens is 2. The van der Waals surface area contributed by atoms with Crippen molar-refractivity contribution < 1.29 is 8.78 Å². The van der Waals surface area contributed by atoms with Gasteiger partial charge >= 0.3 is 0 Å². The molecule has 4 heteroatoms. The van der Waals surface area contributed by atoms with E-state index in [-0.39, 0.29) is 5.69 Å². The number of nitrogens with zero attached hydrogens (tertiary/aromatic N) is 2. The summed E-state index contributed by atoms with van der Waals surface area (Å²) < 4.78 is 26.0. The minimum Gasteiger partial charge on any atom is -0.264 e. The number of aryl methyl sites for hydroxylation is 1. The number of hydrogen-bond donors (Lipinski definition) is 0. The molecule has 0 aliphatic carbocycles. The monoisotopic (exact) mass is 146 g/mol. The van der Waals surface area contributed by atoms with Crippen molar-refractivity contribution in [1.29, 1.82) is 0 Å². The zero-order valence-electron chi connectivity index (χ0n) is 5.86. The van der Waals surface area contributed by atoms with E-state index in [1.165, 1.54) is 11.6 Å². The van der Waals surface area contributed by atoms with E-state index in [9.17, 15) is 8.78 Å². The summed E-state index contributed by atoms with van der Waals surface area (Å²) >= 11 is 0. The van der Waals surface area contributed by atoms with Gasteiger partial charge in [-0.1, -0.05) is 0 Å². The van der Waals surface area contributed by atoms with Crippen molar-refractivity contribution in [2.75, 3.05) is 0 Å². The third-order valence-corrected chi connectivity index (χ3v) is 1.39. The molecule has 1 aromatic rings. The highest BCUT2D eigenvalue weighted by molar-refractivity contribution is 5.02. The fraction of sp³-hybridized carbons (Fsp3) is 0.500. The maximum absolute atomic E-state index is 12.5. The predicted molar refractivity (Wildman–Crippen MR) is 32.6 cm³/mol. The zero-order valence-corrected chi connectivity index (χ0v) is 5.86.